The molecular weight excluding hydrogens is 296 g/mol. The van der Waals surface area contributed by atoms with Crippen LogP contribution >= 0.6 is 0 Å². The minimum Gasteiger partial charge on any atom is -0.383 e. The van der Waals surface area contributed by atoms with E-state index in [4.69, 9.17) is 4.74 Å². The number of nitrogens with one attached hydrogen (secondary N) is 1. The smallest absolute Gasteiger partial charge is 0.0632 e. The molecule has 0 unspecified atom stereocenters. The van der Waals surface area contributed by atoms with Crippen LogP contribution in [0, 0.1) is 0 Å². The molecule has 0 spiro atoms. The van der Waals surface area contributed by atoms with E-state index in [0.717, 1.165) is 26.0 Å². The fourth-order valence-electron chi connectivity index (χ4n) is 3.52. The van der Waals surface area contributed by atoms with Crippen LogP contribution in [-0.2, 0) is 11.2 Å². The summed E-state index contributed by atoms with van der Waals surface area (Å²) in [5, 5.41) is 2.40. The van der Waals surface area contributed by atoms with Gasteiger partial charge in [0, 0.05) is 25.7 Å². The zero-order valence-electron chi connectivity index (χ0n) is 14.5. The summed E-state index contributed by atoms with van der Waals surface area (Å²) >= 11 is 0. The van der Waals surface area contributed by atoms with Crippen molar-refractivity contribution < 1.29 is 4.74 Å². The Bertz CT molecular complexity index is 587. The standard InChI is InChI=1S/C21H28N2O/c1-24-17-20-13-8-16-23(20)22-21(19-11-6-3-7-12-19)15-14-18-9-4-2-5-10-18/h2-7,9-12,20-22H,8,13-17H2,1H3/t20-,21+/m0/s1. The SMILES string of the molecule is COC[C@@H]1CCCN1N[C@H](CCc1ccccc1)c1ccccc1. The van der Waals surface area contributed by atoms with Gasteiger partial charge in [-0.1, -0.05) is 60.7 Å². The largest absolute Gasteiger partial charge is 0.383 e. The maximum Gasteiger partial charge on any atom is 0.0632 e. The lowest BCUT2D eigenvalue weighted by Gasteiger charge is -2.30. The maximum atomic E-state index is 5.39. The number of ether oxygens (including phenoxy) is 1. The second-order valence-corrected chi connectivity index (χ2v) is 6.56. The van der Waals surface area contributed by atoms with E-state index < -0.39 is 0 Å². The number of nitrogens with zero attached hydrogens (tertiary/aromatic N) is 1. The van der Waals surface area contributed by atoms with Gasteiger partial charge in [-0.15, -0.1) is 0 Å². The quantitative estimate of drug-likeness (QED) is 0.795. The van der Waals surface area contributed by atoms with Gasteiger partial charge in [-0.25, -0.2) is 10.4 Å². The molecule has 24 heavy (non-hydrogen) atoms. The topological polar surface area (TPSA) is 24.5 Å². The molecule has 1 heterocycles. The summed E-state index contributed by atoms with van der Waals surface area (Å²) in [6, 6.07) is 22.4. The minimum atomic E-state index is 0.337. The Labute approximate surface area is 145 Å². The highest BCUT2D eigenvalue weighted by Crippen LogP contribution is 2.23. The molecule has 0 bridgehead atoms. The molecule has 3 rings (SSSR count). The second-order valence-electron chi connectivity index (χ2n) is 6.56. The van der Waals surface area contributed by atoms with Crippen LogP contribution in [0.5, 0.6) is 0 Å². The molecule has 3 heteroatoms. The summed E-state index contributed by atoms with van der Waals surface area (Å²) in [5.74, 6) is 0. The molecule has 1 N–H and O–H groups in total. The van der Waals surface area contributed by atoms with Gasteiger partial charge in [0.2, 0.25) is 0 Å². The molecule has 0 aromatic heterocycles. The monoisotopic (exact) mass is 324 g/mol. The van der Waals surface area contributed by atoms with Crippen LogP contribution in [0.1, 0.15) is 36.4 Å². The van der Waals surface area contributed by atoms with Crippen LogP contribution in [0.3, 0.4) is 0 Å². The number of benzene rings is 2. The summed E-state index contributed by atoms with van der Waals surface area (Å²) < 4.78 is 5.39. The molecule has 0 saturated carbocycles. The van der Waals surface area contributed by atoms with Gasteiger partial charge in [0.1, 0.15) is 0 Å². The number of hydrogen-bond donors (Lipinski definition) is 1. The van der Waals surface area contributed by atoms with E-state index in [1.165, 1.54) is 24.0 Å². The normalized spacial score (nSPS) is 19.5. The average molecular weight is 324 g/mol. The van der Waals surface area contributed by atoms with Crippen molar-refractivity contribution in [2.75, 3.05) is 20.3 Å². The fraction of sp³-hybridized carbons (Fsp3) is 0.429. The third-order valence-electron chi connectivity index (χ3n) is 4.82. The molecule has 2 atom stereocenters. The first-order valence-electron chi connectivity index (χ1n) is 8.97. The van der Waals surface area contributed by atoms with E-state index in [2.05, 4.69) is 71.1 Å². The van der Waals surface area contributed by atoms with E-state index in [1.54, 1.807) is 7.11 Å². The summed E-state index contributed by atoms with van der Waals surface area (Å²) in [6.07, 6.45) is 4.61. The maximum absolute atomic E-state index is 5.39. The molecule has 128 valence electrons. The summed E-state index contributed by atoms with van der Waals surface area (Å²) in [7, 11) is 1.79. The van der Waals surface area contributed by atoms with Gasteiger partial charge in [0.25, 0.3) is 0 Å². The third-order valence-corrected chi connectivity index (χ3v) is 4.82. The second kappa shape index (κ2) is 8.97. The molecular formula is C21H28N2O. The van der Waals surface area contributed by atoms with E-state index >= 15 is 0 Å². The Morgan fingerprint density at radius 1 is 1.08 bits per heavy atom. The van der Waals surface area contributed by atoms with Gasteiger partial charge < -0.3 is 4.74 Å². The van der Waals surface area contributed by atoms with Crippen LogP contribution < -0.4 is 5.43 Å². The zero-order chi connectivity index (χ0) is 16.6. The number of aryl methyl sites for hydroxylation is 1. The van der Waals surface area contributed by atoms with Crippen LogP contribution in [0.25, 0.3) is 0 Å². The summed E-state index contributed by atoms with van der Waals surface area (Å²) in [4.78, 5) is 0. The lowest BCUT2D eigenvalue weighted by atomic mass is 9.99. The van der Waals surface area contributed by atoms with Gasteiger partial charge in [-0.05, 0) is 36.8 Å². The average Bonchev–Trinajstić information content (AvgIpc) is 3.07. The molecule has 1 fully saturated rings. The first kappa shape index (κ1) is 17.2. The zero-order valence-corrected chi connectivity index (χ0v) is 14.5. The Morgan fingerprint density at radius 3 is 2.50 bits per heavy atom. The van der Waals surface area contributed by atoms with Crippen molar-refractivity contribution in [3.8, 4) is 0 Å². The molecule has 3 nitrogen and oxygen atoms in total. The van der Waals surface area contributed by atoms with Crippen molar-refractivity contribution >= 4 is 0 Å². The molecule has 1 aliphatic heterocycles. The van der Waals surface area contributed by atoms with Crippen molar-refractivity contribution in [2.24, 2.45) is 0 Å². The van der Waals surface area contributed by atoms with E-state index in [-0.39, 0.29) is 0 Å². The van der Waals surface area contributed by atoms with Gasteiger partial charge in [-0.3, -0.25) is 0 Å². The molecule has 2 aromatic rings. The highest BCUT2D eigenvalue weighted by atomic mass is 16.5. The first-order valence-corrected chi connectivity index (χ1v) is 8.97. The molecule has 1 aliphatic rings. The lowest BCUT2D eigenvalue weighted by molar-refractivity contribution is 0.0693. The molecule has 0 aliphatic carbocycles. The lowest BCUT2D eigenvalue weighted by Crippen LogP contribution is -2.45. The van der Waals surface area contributed by atoms with Crippen molar-refractivity contribution in [3.05, 3.63) is 71.8 Å². The Balaban J connectivity index is 1.68. The van der Waals surface area contributed by atoms with Gasteiger partial charge >= 0.3 is 0 Å². The summed E-state index contributed by atoms with van der Waals surface area (Å²) in [6.45, 7) is 1.90. The Hall–Kier alpha value is -1.68. The van der Waals surface area contributed by atoms with Gasteiger partial charge in [0.05, 0.1) is 6.61 Å². The predicted molar refractivity (Wildman–Crippen MR) is 98.7 cm³/mol. The van der Waals surface area contributed by atoms with Gasteiger partial charge in [-0.2, -0.15) is 0 Å². The number of methoxy groups -OCH3 is 1. The van der Waals surface area contributed by atoms with E-state index in [0.29, 0.717) is 12.1 Å². The Morgan fingerprint density at radius 2 is 1.79 bits per heavy atom. The summed E-state index contributed by atoms with van der Waals surface area (Å²) in [5.41, 5.74) is 6.55. The van der Waals surface area contributed by atoms with Crippen LogP contribution in [0.2, 0.25) is 0 Å². The van der Waals surface area contributed by atoms with Crippen molar-refractivity contribution in [1.82, 2.24) is 10.4 Å². The Kier molecular flexibility index (Phi) is 6.41. The highest BCUT2D eigenvalue weighted by molar-refractivity contribution is 5.20. The van der Waals surface area contributed by atoms with Crippen LogP contribution in [0.15, 0.2) is 60.7 Å². The molecule has 1 saturated heterocycles. The van der Waals surface area contributed by atoms with Crippen molar-refractivity contribution in [3.63, 3.8) is 0 Å². The molecule has 0 amide bonds. The van der Waals surface area contributed by atoms with E-state index in [1.807, 2.05) is 0 Å². The van der Waals surface area contributed by atoms with Gasteiger partial charge in [0.15, 0.2) is 0 Å². The van der Waals surface area contributed by atoms with E-state index in [9.17, 15) is 0 Å². The highest BCUT2D eigenvalue weighted by Gasteiger charge is 2.26. The number of rotatable bonds is 8. The molecule has 0 radical (unpaired) electrons. The third kappa shape index (κ3) is 4.67. The first-order chi connectivity index (χ1) is 11.9. The predicted octanol–water partition coefficient (Wildman–Crippen LogP) is 3.98. The number of hydrogen-bond acceptors (Lipinski definition) is 3. The van der Waals surface area contributed by atoms with Crippen molar-refractivity contribution in [2.45, 2.75) is 37.8 Å². The van der Waals surface area contributed by atoms with Crippen molar-refractivity contribution in [1.29, 1.82) is 0 Å². The van der Waals surface area contributed by atoms with Crippen LogP contribution in [0.4, 0.5) is 0 Å². The molecule has 2 aromatic carbocycles. The number of hydrazine groups is 1. The van der Waals surface area contributed by atoms with Crippen LogP contribution in [-0.4, -0.2) is 31.3 Å². The minimum absolute atomic E-state index is 0.337. The fourth-order valence-corrected chi connectivity index (χ4v) is 3.52.